The van der Waals surface area contributed by atoms with E-state index < -0.39 is 42.4 Å². The van der Waals surface area contributed by atoms with E-state index in [0.717, 1.165) is 43.1 Å². The highest BCUT2D eigenvalue weighted by Crippen LogP contribution is 2.39. The molecule has 0 saturated carbocycles. The first-order valence-electron chi connectivity index (χ1n) is 15.3. The van der Waals surface area contributed by atoms with Crippen LogP contribution in [0.2, 0.25) is 5.02 Å². The quantitative estimate of drug-likeness (QED) is 0.158. The number of nitrogens with zero attached hydrogens (tertiary/aromatic N) is 1. The Morgan fingerprint density at radius 3 is 2.26 bits per heavy atom. The van der Waals surface area contributed by atoms with E-state index in [9.17, 15) is 28.4 Å². The molecule has 2 N–H and O–H groups in total. The fourth-order valence-corrected chi connectivity index (χ4v) is 4.88. The van der Waals surface area contributed by atoms with Gasteiger partial charge in [0.1, 0.15) is 11.6 Å². The van der Waals surface area contributed by atoms with Gasteiger partial charge in [-0.1, -0.05) is 49.6 Å². The van der Waals surface area contributed by atoms with Gasteiger partial charge in [0.2, 0.25) is 0 Å². The molecule has 11 nitrogen and oxygen atoms in total. The molecule has 0 saturated heterocycles. The zero-order valence-corrected chi connectivity index (χ0v) is 26.9. The van der Waals surface area contributed by atoms with Crippen LogP contribution in [0.3, 0.4) is 0 Å². The first kappa shape index (κ1) is 36.0. The molecule has 0 radical (unpaired) electrons. The second-order valence-corrected chi connectivity index (χ2v) is 10.9. The largest absolute Gasteiger partial charge is 0.480 e. The van der Waals surface area contributed by atoms with Crippen LogP contribution in [0.5, 0.6) is 5.75 Å². The van der Waals surface area contributed by atoms with E-state index in [-0.39, 0.29) is 22.4 Å². The minimum atomic E-state index is -0.814. The van der Waals surface area contributed by atoms with Gasteiger partial charge in [0.05, 0.1) is 17.3 Å². The Hall–Kier alpha value is -4.45. The zero-order chi connectivity index (χ0) is 33.6. The number of anilines is 2. The molecule has 2 aromatic carbocycles. The van der Waals surface area contributed by atoms with Gasteiger partial charge in [-0.25, -0.2) is 18.9 Å². The minimum Gasteiger partial charge on any atom is -0.480 e. The van der Waals surface area contributed by atoms with Crippen molar-refractivity contribution in [3.8, 4) is 5.75 Å². The lowest BCUT2D eigenvalue weighted by Crippen LogP contribution is -2.36. The number of carbonyl (C=O) groups excluding carboxylic acids is 5. The van der Waals surface area contributed by atoms with Crippen molar-refractivity contribution in [3.63, 3.8) is 0 Å². The molecule has 0 aromatic heterocycles. The number of rotatable bonds is 12. The van der Waals surface area contributed by atoms with Crippen LogP contribution in [0.15, 0.2) is 53.6 Å². The number of para-hydroxylation sites is 1. The number of halogens is 2. The lowest BCUT2D eigenvalue weighted by atomic mass is 9.93. The SMILES string of the molecule is CCCCCOC(=O)COc1cc(N2C(=O)C3=C(CCCC3)C2=O)c(F)cc1Cl.CCNC(=O)C(C)OC(=O)Nc1ccccc1. The van der Waals surface area contributed by atoms with E-state index >= 15 is 0 Å². The second kappa shape index (κ2) is 17.9. The summed E-state index contributed by atoms with van der Waals surface area (Å²) in [5, 5.41) is 5.03. The zero-order valence-electron chi connectivity index (χ0n) is 26.2. The molecule has 13 heteroatoms. The number of amides is 4. The van der Waals surface area contributed by atoms with Crippen molar-refractivity contribution in [2.24, 2.45) is 0 Å². The summed E-state index contributed by atoms with van der Waals surface area (Å²) in [4.78, 5) is 60.7. The van der Waals surface area contributed by atoms with Gasteiger partial charge >= 0.3 is 12.1 Å². The number of esters is 1. The minimum absolute atomic E-state index is 0.000883. The van der Waals surface area contributed by atoms with Gasteiger partial charge in [0.25, 0.3) is 17.7 Å². The van der Waals surface area contributed by atoms with Crippen LogP contribution in [0.25, 0.3) is 0 Å². The predicted molar refractivity (Wildman–Crippen MR) is 170 cm³/mol. The third-order valence-electron chi connectivity index (χ3n) is 7.01. The Balaban J connectivity index is 0.000000289. The fourth-order valence-electron chi connectivity index (χ4n) is 4.68. The Morgan fingerprint density at radius 2 is 1.65 bits per heavy atom. The molecule has 0 spiro atoms. The van der Waals surface area contributed by atoms with Gasteiger partial charge in [-0.3, -0.25) is 19.7 Å². The number of nitrogens with one attached hydrogen (secondary N) is 2. The lowest BCUT2D eigenvalue weighted by molar-refractivity contribution is -0.146. The fraction of sp³-hybridized carbons (Fsp3) is 0.424. The average Bonchev–Trinajstić information content (AvgIpc) is 3.29. The standard InChI is InChI=1S/C21H23ClFNO5.C12H16N2O3/c1-2-3-6-9-28-19(25)12-29-18-11-17(16(23)10-15(18)22)24-20(26)13-7-4-5-8-14(13)21(24)27;1-3-13-11(15)9(2)17-12(16)14-10-7-5-4-6-8-10/h10-11H,2-9,12H2,1H3;4-9H,3H2,1-2H3,(H,13,15)(H,14,16). The summed E-state index contributed by atoms with van der Waals surface area (Å²) >= 11 is 6.02. The van der Waals surface area contributed by atoms with Gasteiger partial charge in [-0.05, 0) is 64.2 Å². The smallest absolute Gasteiger partial charge is 0.412 e. The number of likely N-dealkylation sites (N-methyl/N-ethyl adjacent to an activating group) is 1. The topological polar surface area (TPSA) is 140 Å². The van der Waals surface area contributed by atoms with E-state index in [4.69, 9.17) is 25.8 Å². The van der Waals surface area contributed by atoms with Crippen molar-refractivity contribution in [3.05, 3.63) is 64.5 Å². The van der Waals surface area contributed by atoms with Gasteiger partial charge in [-0.2, -0.15) is 0 Å². The Kier molecular flexibility index (Phi) is 14.0. The molecule has 1 unspecified atom stereocenters. The number of hydrogen-bond acceptors (Lipinski definition) is 8. The van der Waals surface area contributed by atoms with E-state index in [1.165, 1.54) is 13.0 Å². The molecule has 2 aliphatic rings. The summed E-state index contributed by atoms with van der Waals surface area (Å²) in [7, 11) is 0. The second-order valence-electron chi connectivity index (χ2n) is 10.5. The molecule has 46 heavy (non-hydrogen) atoms. The highest BCUT2D eigenvalue weighted by molar-refractivity contribution is 6.34. The van der Waals surface area contributed by atoms with Crippen LogP contribution in [-0.2, 0) is 28.7 Å². The molecule has 248 valence electrons. The summed E-state index contributed by atoms with van der Waals surface area (Å²) in [6.07, 6.45) is 3.95. The van der Waals surface area contributed by atoms with Gasteiger partial charge < -0.3 is 19.5 Å². The molecule has 1 aliphatic heterocycles. The number of ether oxygens (including phenoxy) is 3. The molecule has 0 fully saturated rings. The van der Waals surface area contributed by atoms with Crippen molar-refractivity contribution in [1.82, 2.24) is 5.32 Å². The molecule has 0 bridgehead atoms. The first-order chi connectivity index (χ1) is 22.1. The molecule has 1 heterocycles. The monoisotopic (exact) mass is 659 g/mol. The molecule has 1 atom stereocenters. The molecule has 4 amide bonds. The highest BCUT2D eigenvalue weighted by Gasteiger charge is 2.41. The summed E-state index contributed by atoms with van der Waals surface area (Å²) in [5.74, 6) is -2.71. The number of unbranched alkanes of at least 4 members (excludes halogenated alkanes) is 2. The molecule has 1 aliphatic carbocycles. The molecular formula is C33H39ClFN3O8. The van der Waals surface area contributed by atoms with Crippen molar-refractivity contribution >= 4 is 52.8 Å². The van der Waals surface area contributed by atoms with E-state index in [1.54, 1.807) is 31.2 Å². The maximum Gasteiger partial charge on any atom is 0.412 e. The molecular weight excluding hydrogens is 621 g/mol. The maximum atomic E-state index is 14.5. The van der Waals surface area contributed by atoms with Gasteiger partial charge in [-0.15, -0.1) is 0 Å². The van der Waals surface area contributed by atoms with Crippen LogP contribution in [0.1, 0.15) is 65.7 Å². The average molecular weight is 660 g/mol. The highest BCUT2D eigenvalue weighted by atomic mass is 35.5. The van der Waals surface area contributed by atoms with Crippen LogP contribution in [-0.4, -0.2) is 55.6 Å². The number of hydrogen-bond donors (Lipinski definition) is 2. The normalized spacial score (nSPS) is 14.5. The number of benzene rings is 2. The maximum absolute atomic E-state index is 14.5. The summed E-state index contributed by atoms with van der Waals surface area (Å²) < 4.78 is 29.9. The summed E-state index contributed by atoms with van der Waals surface area (Å²) in [6, 6.07) is 11.0. The third kappa shape index (κ3) is 10.0. The summed E-state index contributed by atoms with van der Waals surface area (Å²) in [5.41, 5.74) is 1.30. The van der Waals surface area contributed by atoms with Crippen LogP contribution in [0.4, 0.5) is 20.6 Å². The van der Waals surface area contributed by atoms with E-state index in [0.29, 0.717) is 42.8 Å². The van der Waals surface area contributed by atoms with E-state index in [2.05, 4.69) is 10.6 Å². The molecule has 2 aromatic rings. The van der Waals surface area contributed by atoms with Crippen molar-refractivity contribution in [2.45, 2.75) is 71.8 Å². The van der Waals surface area contributed by atoms with E-state index in [1.807, 2.05) is 13.0 Å². The van der Waals surface area contributed by atoms with Crippen molar-refractivity contribution in [2.75, 3.05) is 30.0 Å². The number of carbonyl (C=O) groups is 5. The van der Waals surface area contributed by atoms with Crippen LogP contribution >= 0.6 is 11.6 Å². The van der Waals surface area contributed by atoms with Gasteiger partial charge in [0, 0.05) is 29.4 Å². The Labute approximate surface area is 272 Å². The first-order valence-corrected chi connectivity index (χ1v) is 15.6. The predicted octanol–water partition coefficient (Wildman–Crippen LogP) is 6.09. The van der Waals surface area contributed by atoms with Crippen molar-refractivity contribution in [1.29, 1.82) is 0 Å². The van der Waals surface area contributed by atoms with Crippen molar-refractivity contribution < 1.29 is 42.6 Å². The van der Waals surface area contributed by atoms with Crippen LogP contribution < -0.4 is 20.3 Å². The summed E-state index contributed by atoms with van der Waals surface area (Å²) in [6.45, 7) is 5.76. The van der Waals surface area contributed by atoms with Crippen LogP contribution in [0, 0.1) is 5.82 Å². The lowest BCUT2D eigenvalue weighted by Gasteiger charge is -2.18. The third-order valence-corrected chi connectivity index (χ3v) is 7.31. The Bertz CT molecular complexity index is 1420. The van der Waals surface area contributed by atoms with Gasteiger partial charge in [0.15, 0.2) is 12.7 Å². The molecule has 4 rings (SSSR count). The number of imide groups is 1. The Morgan fingerprint density at radius 1 is 1.00 bits per heavy atom.